The molecule has 10 heteroatoms. The van der Waals surface area contributed by atoms with Crippen molar-refractivity contribution in [2.45, 2.75) is 37.9 Å². The van der Waals surface area contributed by atoms with E-state index in [0.717, 1.165) is 5.56 Å². The number of benzene rings is 1. The number of nitrogens with one attached hydrogen (secondary N) is 2. The molecule has 0 aliphatic carbocycles. The van der Waals surface area contributed by atoms with E-state index in [4.69, 9.17) is 25.1 Å². The van der Waals surface area contributed by atoms with Gasteiger partial charge < -0.3 is 35.7 Å². The van der Waals surface area contributed by atoms with Crippen LogP contribution in [0.5, 0.6) is 0 Å². The molecule has 1 aromatic carbocycles. The molecule has 3 rings (SSSR count). The number of para-hydroxylation sites is 2. The first-order valence-electron chi connectivity index (χ1n) is 11.7. The minimum Gasteiger partial charge on any atom is -0.459 e. The predicted molar refractivity (Wildman–Crippen MR) is 135 cm³/mol. The van der Waals surface area contributed by atoms with Crippen molar-refractivity contribution in [3.63, 3.8) is 0 Å². The van der Waals surface area contributed by atoms with Crippen LogP contribution < -0.4 is 16.4 Å². The SMILES string of the molecule is Nc1ccccc1NC(=O)CCCCNC(=O)C1=CC(c2ccsc2)CC(OCCOCCO)O1. The van der Waals surface area contributed by atoms with E-state index in [1.807, 2.05) is 29.7 Å². The van der Waals surface area contributed by atoms with Gasteiger partial charge in [0.2, 0.25) is 12.2 Å². The Morgan fingerprint density at radius 3 is 2.80 bits per heavy atom. The van der Waals surface area contributed by atoms with Crippen molar-refractivity contribution in [1.82, 2.24) is 5.32 Å². The van der Waals surface area contributed by atoms with Crippen molar-refractivity contribution in [2.24, 2.45) is 0 Å². The van der Waals surface area contributed by atoms with Gasteiger partial charge in [0.15, 0.2) is 5.76 Å². The molecular weight excluding hydrogens is 470 g/mol. The lowest BCUT2D eigenvalue weighted by Crippen LogP contribution is -2.33. The number of hydrogen-bond acceptors (Lipinski definition) is 8. The average molecular weight is 504 g/mol. The molecule has 5 N–H and O–H groups in total. The Balaban J connectivity index is 1.43. The lowest BCUT2D eigenvalue weighted by atomic mass is 9.95. The second kappa shape index (κ2) is 14.5. The fourth-order valence-corrected chi connectivity index (χ4v) is 4.29. The van der Waals surface area contributed by atoms with Gasteiger partial charge in [-0.15, -0.1) is 0 Å². The van der Waals surface area contributed by atoms with Crippen LogP contribution in [0.2, 0.25) is 0 Å². The third-order valence-electron chi connectivity index (χ3n) is 5.37. The standard InChI is InChI=1S/C25H33N3O6S/c26-20-5-1-2-6-21(20)28-23(30)7-3-4-9-27-25(31)22-15-19(18-8-14-35-17-18)16-24(34-22)33-13-12-32-11-10-29/h1-2,5-6,8,14-15,17,19,24,29H,3-4,7,9-13,16,26H2,(H,27,31)(H,28,30). The number of carbonyl (C=O) groups is 2. The number of unbranched alkanes of at least 4 members (excludes halogenated alkanes) is 1. The van der Waals surface area contributed by atoms with E-state index in [2.05, 4.69) is 16.0 Å². The fourth-order valence-electron chi connectivity index (χ4n) is 3.56. The smallest absolute Gasteiger partial charge is 0.286 e. The molecule has 9 nitrogen and oxygen atoms in total. The topological polar surface area (TPSA) is 132 Å². The summed E-state index contributed by atoms with van der Waals surface area (Å²) in [4.78, 5) is 24.9. The summed E-state index contributed by atoms with van der Waals surface area (Å²) in [5.74, 6) is -0.190. The number of carbonyl (C=O) groups excluding carboxylic acids is 2. The monoisotopic (exact) mass is 503 g/mol. The Morgan fingerprint density at radius 2 is 2.03 bits per heavy atom. The lowest BCUT2D eigenvalue weighted by molar-refractivity contribution is -0.151. The molecule has 0 fully saturated rings. The number of aliphatic hydroxyl groups is 1. The Kier molecular flexibility index (Phi) is 11.0. The van der Waals surface area contributed by atoms with Gasteiger partial charge in [-0.3, -0.25) is 9.59 Å². The molecule has 35 heavy (non-hydrogen) atoms. The molecule has 2 heterocycles. The fraction of sp³-hybridized carbons (Fsp3) is 0.440. The van der Waals surface area contributed by atoms with Crippen molar-refractivity contribution in [1.29, 1.82) is 0 Å². The van der Waals surface area contributed by atoms with Crippen LogP contribution in [0.25, 0.3) is 0 Å². The van der Waals surface area contributed by atoms with E-state index in [1.54, 1.807) is 23.5 Å². The molecule has 1 aliphatic rings. The third kappa shape index (κ3) is 8.99. The van der Waals surface area contributed by atoms with Crippen molar-refractivity contribution in [3.05, 3.63) is 58.5 Å². The first-order valence-corrected chi connectivity index (χ1v) is 12.6. The van der Waals surface area contributed by atoms with E-state index in [0.29, 0.717) is 56.8 Å². The molecule has 2 unspecified atom stereocenters. The number of ether oxygens (including phenoxy) is 3. The maximum Gasteiger partial charge on any atom is 0.286 e. The zero-order valence-electron chi connectivity index (χ0n) is 19.6. The van der Waals surface area contributed by atoms with Crippen LogP contribution in [-0.2, 0) is 23.8 Å². The van der Waals surface area contributed by atoms with E-state index < -0.39 is 6.29 Å². The molecule has 1 aromatic heterocycles. The van der Waals surface area contributed by atoms with E-state index in [1.165, 1.54) is 0 Å². The van der Waals surface area contributed by atoms with Crippen molar-refractivity contribution < 1.29 is 28.9 Å². The van der Waals surface area contributed by atoms with Crippen LogP contribution in [0.15, 0.2) is 52.9 Å². The average Bonchev–Trinajstić information content (AvgIpc) is 3.40. The largest absolute Gasteiger partial charge is 0.459 e. The summed E-state index contributed by atoms with van der Waals surface area (Å²) in [6, 6.07) is 9.14. The third-order valence-corrected chi connectivity index (χ3v) is 6.07. The second-order valence-electron chi connectivity index (χ2n) is 8.03. The zero-order chi connectivity index (χ0) is 24.9. The lowest BCUT2D eigenvalue weighted by Gasteiger charge is -2.29. The van der Waals surface area contributed by atoms with E-state index in [9.17, 15) is 9.59 Å². The minimum atomic E-state index is -0.572. The molecule has 0 saturated carbocycles. The highest BCUT2D eigenvalue weighted by molar-refractivity contribution is 7.08. The van der Waals surface area contributed by atoms with Gasteiger partial charge in [-0.2, -0.15) is 11.3 Å². The first kappa shape index (κ1) is 26.7. The first-order chi connectivity index (χ1) is 17.1. The van der Waals surface area contributed by atoms with E-state index >= 15 is 0 Å². The molecule has 2 amide bonds. The maximum absolute atomic E-state index is 12.7. The summed E-state index contributed by atoms with van der Waals surface area (Å²) in [6.45, 7) is 1.26. The summed E-state index contributed by atoms with van der Waals surface area (Å²) < 4.78 is 16.8. The predicted octanol–water partition coefficient (Wildman–Crippen LogP) is 2.99. The summed E-state index contributed by atoms with van der Waals surface area (Å²) in [5, 5.41) is 18.5. The van der Waals surface area contributed by atoms with Gasteiger partial charge in [-0.25, -0.2) is 0 Å². The minimum absolute atomic E-state index is 0.00762. The molecule has 1 aliphatic heterocycles. The number of aliphatic hydroxyl groups excluding tert-OH is 1. The van der Waals surface area contributed by atoms with E-state index in [-0.39, 0.29) is 36.7 Å². The van der Waals surface area contributed by atoms with Gasteiger partial charge in [0.25, 0.3) is 5.91 Å². The normalized spacial score (nSPS) is 17.3. The second-order valence-corrected chi connectivity index (χ2v) is 8.81. The molecule has 2 aromatic rings. The summed E-state index contributed by atoms with van der Waals surface area (Å²) >= 11 is 1.60. The number of thiophene rings is 1. The van der Waals surface area contributed by atoms with Crippen LogP contribution in [0.1, 0.15) is 37.2 Å². The molecule has 190 valence electrons. The highest BCUT2D eigenvalue weighted by Crippen LogP contribution is 2.32. The Bertz CT molecular complexity index is 966. The zero-order valence-corrected chi connectivity index (χ0v) is 20.4. The Labute approximate surface area is 209 Å². The summed E-state index contributed by atoms with van der Waals surface area (Å²) in [6.07, 6.45) is 3.45. The Morgan fingerprint density at radius 1 is 1.17 bits per heavy atom. The van der Waals surface area contributed by atoms with Crippen LogP contribution in [0.3, 0.4) is 0 Å². The number of hydrogen-bond donors (Lipinski definition) is 4. The molecular formula is C25H33N3O6S. The number of nitrogen functional groups attached to an aromatic ring is 1. The molecule has 0 spiro atoms. The van der Waals surface area contributed by atoms with Crippen LogP contribution in [0.4, 0.5) is 11.4 Å². The highest BCUT2D eigenvalue weighted by Gasteiger charge is 2.28. The van der Waals surface area contributed by atoms with Crippen LogP contribution >= 0.6 is 11.3 Å². The molecule has 0 saturated heterocycles. The van der Waals surface area contributed by atoms with Gasteiger partial charge in [0, 0.05) is 25.3 Å². The highest BCUT2D eigenvalue weighted by atomic mass is 32.1. The molecule has 0 radical (unpaired) electrons. The number of nitrogens with two attached hydrogens (primary N) is 1. The van der Waals surface area contributed by atoms with Crippen molar-refractivity contribution >= 4 is 34.5 Å². The summed E-state index contributed by atoms with van der Waals surface area (Å²) in [7, 11) is 0. The van der Waals surface area contributed by atoms with Gasteiger partial charge in [-0.1, -0.05) is 12.1 Å². The van der Waals surface area contributed by atoms with Gasteiger partial charge in [0.1, 0.15) is 0 Å². The molecule has 2 atom stereocenters. The van der Waals surface area contributed by atoms with Gasteiger partial charge in [-0.05, 0) is 53.4 Å². The van der Waals surface area contributed by atoms with Gasteiger partial charge >= 0.3 is 0 Å². The van der Waals surface area contributed by atoms with Crippen LogP contribution in [0, 0.1) is 0 Å². The quantitative estimate of drug-likeness (QED) is 0.230. The maximum atomic E-state index is 12.7. The Hall–Kier alpha value is -2.92. The van der Waals surface area contributed by atoms with Crippen LogP contribution in [-0.4, -0.2) is 56.2 Å². The van der Waals surface area contributed by atoms with Crippen molar-refractivity contribution in [2.75, 3.05) is 44.0 Å². The number of amides is 2. The number of rotatable bonds is 14. The molecule has 0 bridgehead atoms. The van der Waals surface area contributed by atoms with Gasteiger partial charge in [0.05, 0.1) is 37.8 Å². The summed E-state index contributed by atoms with van der Waals surface area (Å²) in [5.41, 5.74) is 8.08. The number of anilines is 2. The number of allylic oxidation sites excluding steroid dienone is 1. The van der Waals surface area contributed by atoms with Crippen molar-refractivity contribution in [3.8, 4) is 0 Å².